The first-order chi connectivity index (χ1) is 7.90. The molecule has 0 aliphatic carbocycles. The molecule has 12 heteroatoms. The molecule has 0 bridgehead atoms. The van der Waals surface area contributed by atoms with E-state index < -0.39 is 48.9 Å². The van der Waals surface area contributed by atoms with Crippen LogP contribution in [0.15, 0.2) is 0 Å². The number of halogens is 6. The Morgan fingerprint density at radius 1 is 0.944 bits per heavy atom. The standard InChI is InChI=1S/C6H4F6NO4P/c7-5(8,9)18(16,6(10,11)12)17-13-3(14)1-2-4(13)15/h1-2H2. The third kappa shape index (κ3) is 2.37. The first-order valence-corrected chi connectivity index (χ1v) is 5.82. The van der Waals surface area contributed by atoms with Gasteiger partial charge in [0, 0.05) is 12.8 Å². The van der Waals surface area contributed by atoms with Crippen LogP contribution in [0, 0.1) is 0 Å². The van der Waals surface area contributed by atoms with Crippen LogP contribution in [0.25, 0.3) is 0 Å². The summed E-state index contributed by atoms with van der Waals surface area (Å²) in [7, 11) is -7.23. The Kier molecular flexibility index (Phi) is 3.52. The number of hydrogen-bond acceptors (Lipinski definition) is 4. The van der Waals surface area contributed by atoms with Crippen LogP contribution in [0.3, 0.4) is 0 Å². The van der Waals surface area contributed by atoms with Crippen LogP contribution in [0.2, 0.25) is 0 Å². The molecule has 0 spiro atoms. The van der Waals surface area contributed by atoms with Crippen LogP contribution in [-0.4, -0.2) is 28.7 Å². The second kappa shape index (κ2) is 4.23. The molecule has 1 aliphatic rings. The Hall–Kier alpha value is -1.09. The maximum Gasteiger partial charge on any atom is 0.477 e. The van der Waals surface area contributed by atoms with E-state index >= 15 is 0 Å². The van der Waals surface area contributed by atoms with E-state index in [1.54, 1.807) is 0 Å². The Balaban J connectivity index is 3.13. The minimum Gasteiger partial charge on any atom is -0.272 e. The summed E-state index contributed by atoms with van der Waals surface area (Å²) in [5, 5.41) is -0.734. The molecule has 0 saturated carbocycles. The van der Waals surface area contributed by atoms with Crippen molar-refractivity contribution in [3.05, 3.63) is 0 Å². The zero-order valence-corrected chi connectivity index (χ0v) is 9.10. The van der Waals surface area contributed by atoms with Gasteiger partial charge in [-0.15, -0.1) is 5.06 Å². The molecular weight excluding hydrogens is 295 g/mol. The summed E-state index contributed by atoms with van der Waals surface area (Å²) in [4.78, 5) is 21.7. The molecule has 0 N–H and O–H groups in total. The zero-order valence-electron chi connectivity index (χ0n) is 8.21. The number of alkyl halides is 6. The van der Waals surface area contributed by atoms with E-state index in [9.17, 15) is 40.5 Å². The van der Waals surface area contributed by atoms with Gasteiger partial charge in [0.05, 0.1) is 0 Å². The molecule has 0 aromatic rings. The third-order valence-electron chi connectivity index (χ3n) is 1.87. The molecule has 0 atom stereocenters. The highest BCUT2D eigenvalue weighted by molar-refractivity contribution is 7.61. The van der Waals surface area contributed by atoms with Gasteiger partial charge < -0.3 is 0 Å². The van der Waals surface area contributed by atoms with Gasteiger partial charge in [-0.05, 0) is 0 Å². The maximum absolute atomic E-state index is 12.2. The lowest BCUT2D eigenvalue weighted by Crippen LogP contribution is -2.34. The number of carbonyl (C=O) groups is 2. The lowest BCUT2D eigenvalue weighted by molar-refractivity contribution is -0.176. The first kappa shape index (κ1) is 15.0. The summed E-state index contributed by atoms with van der Waals surface area (Å²) in [6.45, 7) is 0. The molecule has 0 unspecified atom stereocenters. The number of hydroxylamine groups is 2. The molecule has 5 nitrogen and oxygen atoms in total. The van der Waals surface area contributed by atoms with Crippen molar-refractivity contribution in [3.63, 3.8) is 0 Å². The van der Waals surface area contributed by atoms with Crippen molar-refractivity contribution >= 4 is 19.2 Å². The molecule has 18 heavy (non-hydrogen) atoms. The average Bonchev–Trinajstić information content (AvgIpc) is 2.45. The third-order valence-corrected chi connectivity index (χ3v) is 3.60. The SMILES string of the molecule is O=C1CCC(=O)N1OP(=O)(C(F)(F)F)C(F)(F)F. The lowest BCUT2D eigenvalue weighted by Gasteiger charge is -2.25. The zero-order chi connectivity index (χ0) is 14.4. The van der Waals surface area contributed by atoms with Gasteiger partial charge in [0.2, 0.25) is 0 Å². The van der Waals surface area contributed by atoms with E-state index in [0.717, 1.165) is 0 Å². The quantitative estimate of drug-likeness (QED) is 0.446. The number of nitrogens with zero attached hydrogens (tertiary/aromatic N) is 1. The van der Waals surface area contributed by atoms with Crippen molar-refractivity contribution in [1.29, 1.82) is 0 Å². The molecule has 0 aromatic carbocycles. The highest BCUT2D eigenvalue weighted by atomic mass is 31.2. The van der Waals surface area contributed by atoms with E-state index in [1.165, 1.54) is 0 Å². The largest absolute Gasteiger partial charge is 0.477 e. The summed E-state index contributed by atoms with van der Waals surface area (Å²) in [5.41, 5.74) is 0. The maximum atomic E-state index is 12.2. The second-order valence-corrected chi connectivity index (χ2v) is 5.43. The predicted octanol–water partition coefficient (Wildman–Crippen LogP) is 2.38. The Bertz CT molecular complexity index is 395. The highest BCUT2D eigenvalue weighted by Gasteiger charge is 2.72. The van der Waals surface area contributed by atoms with Crippen molar-refractivity contribution in [1.82, 2.24) is 5.06 Å². The Morgan fingerprint density at radius 2 is 1.28 bits per heavy atom. The molecule has 1 fully saturated rings. The summed E-state index contributed by atoms with van der Waals surface area (Å²) in [6.07, 6.45) is -1.21. The number of hydrogen-bond donors (Lipinski definition) is 0. The smallest absolute Gasteiger partial charge is 0.272 e. The van der Waals surface area contributed by atoms with Gasteiger partial charge in [-0.25, -0.2) is 0 Å². The van der Waals surface area contributed by atoms with Crippen LogP contribution < -0.4 is 0 Å². The predicted molar refractivity (Wildman–Crippen MR) is 41.9 cm³/mol. The summed E-state index contributed by atoms with van der Waals surface area (Å²) >= 11 is 0. The van der Waals surface area contributed by atoms with Crippen LogP contribution in [0.4, 0.5) is 26.3 Å². The molecular formula is C6H4F6NO4P. The monoisotopic (exact) mass is 299 g/mol. The van der Waals surface area contributed by atoms with Gasteiger partial charge in [-0.2, -0.15) is 31.0 Å². The Labute approximate surface area is 95.1 Å². The van der Waals surface area contributed by atoms with Crippen molar-refractivity contribution in [2.75, 3.05) is 0 Å². The molecule has 2 amide bonds. The summed E-state index contributed by atoms with van der Waals surface area (Å²) < 4.78 is 87.0. The van der Waals surface area contributed by atoms with Crippen LogP contribution in [-0.2, 0) is 18.8 Å². The Morgan fingerprint density at radius 3 is 1.56 bits per heavy atom. The fourth-order valence-corrected chi connectivity index (χ4v) is 1.88. The summed E-state index contributed by atoms with van der Waals surface area (Å²) in [5.74, 6) is -15.4. The van der Waals surface area contributed by atoms with Crippen LogP contribution in [0.1, 0.15) is 12.8 Å². The molecule has 104 valence electrons. The molecule has 1 aliphatic heterocycles. The molecule has 0 aromatic heterocycles. The van der Waals surface area contributed by atoms with Gasteiger partial charge in [0.1, 0.15) is 0 Å². The van der Waals surface area contributed by atoms with E-state index in [1.807, 2.05) is 0 Å². The van der Waals surface area contributed by atoms with Gasteiger partial charge in [-0.1, -0.05) is 0 Å². The lowest BCUT2D eigenvalue weighted by atomic mass is 10.4. The van der Waals surface area contributed by atoms with E-state index in [2.05, 4.69) is 4.62 Å². The number of amides is 2. The van der Waals surface area contributed by atoms with Crippen molar-refractivity contribution < 1.29 is 45.1 Å². The molecule has 0 radical (unpaired) electrons. The topological polar surface area (TPSA) is 63.7 Å². The first-order valence-electron chi connectivity index (χ1n) is 4.19. The minimum atomic E-state index is -7.23. The normalized spacial score (nSPS) is 18.7. The van der Waals surface area contributed by atoms with Crippen molar-refractivity contribution in [2.24, 2.45) is 0 Å². The average molecular weight is 299 g/mol. The molecule has 1 heterocycles. The van der Waals surface area contributed by atoms with Gasteiger partial charge in [0.25, 0.3) is 11.8 Å². The number of imide groups is 1. The molecule has 1 rings (SSSR count). The summed E-state index contributed by atoms with van der Waals surface area (Å²) in [6, 6.07) is 0. The number of carbonyl (C=O) groups excluding carboxylic acids is 2. The van der Waals surface area contributed by atoms with E-state index in [0.29, 0.717) is 0 Å². The molecule has 1 saturated heterocycles. The minimum absolute atomic E-state index is 0.603. The second-order valence-electron chi connectivity index (χ2n) is 3.15. The fraction of sp³-hybridized carbons (Fsp3) is 0.667. The fourth-order valence-electron chi connectivity index (χ4n) is 0.998. The van der Waals surface area contributed by atoms with Gasteiger partial charge in [-0.3, -0.25) is 14.2 Å². The van der Waals surface area contributed by atoms with Crippen molar-refractivity contribution in [3.8, 4) is 0 Å². The van der Waals surface area contributed by atoms with Gasteiger partial charge in [0.15, 0.2) is 0 Å². The van der Waals surface area contributed by atoms with E-state index in [4.69, 9.17) is 0 Å². The highest BCUT2D eigenvalue weighted by Crippen LogP contribution is 2.72. The van der Waals surface area contributed by atoms with Crippen LogP contribution >= 0.6 is 7.37 Å². The number of rotatable bonds is 2. The van der Waals surface area contributed by atoms with Crippen molar-refractivity contribution in [2.45, 2.75) is 24.7 Å². The van der Waals surface area contributed by atoms with E-state index in [-0.39, 0.29) is 0 Å². The van der Waals surface area contributed by atoms with Crippen LogP contribution in [0.5, 0.6) is 0 Å². The van der Waals surface area contributed by atoms with Gasteiger partial charge >= 0.3 is 19.2 Å².